The molecule has 1 aromatic rings. The quantitative estimate of drug-likeness (QED) is 0.877. The lowest BCUT2D eigenvalue weighted by atomic mass is 10.1. The van der Waals surface area contributed by atoms with Gasteiger partial charge in [-0.15, -0.1) is 0 Å². The van der Waals surface area contributed by atoms with Crippen LogP contribution in [0.1, 0.15) is 15.9 Å². The number of halogens is 3. The first-order chi connectivity index (χ1) is 7.23. The summed E-state index contributed by atoms with van der Waals surface area (Å²) in [5.74, 6) is -1.53. The number of hydrogen-bond acceptors (Lipinski definition) is 2. The molecule has 7 heteroatoms. The van der Waals surface area contributed by atoms with E-state index >= 15 is 0 Å². The smallest absolute Gasteiger partial charge is 0.416 e. The topological polar surface area (TPSA) is 54.4 Å². The summed E-state index contributed by atoms with van der Waals surface area (Å²) < 4.78 is 48.0. The highest BCUT2D eigenvalue weighted by Crippen LogP contribution is 2.31. The fourth-order valence-corrected chi connectivity index (χ4v) is 1.84. The third-order valence-electron chi connectivity index (χ3n) is 1.85. The third-order valence-corrected chi connectivity index (χ3v) is 2.82. The molecule has 0 saturated heterocycles. The van der Waals surface area contributed by atoms with E-state index in [1.807, 2.05) is 0 Å². The van der Waals surface area contributed by atoms with Crippen molar-refractivity contribution in [1.82, 2.24) is 0 Å². The highest BCUT2D eigenvalue weighted by Gasteiger charge is 2.32. The van der Waals surface area contributed by atoms with Gasteiger partial charge in [-0.1, -0.05) is 0 Å². The van der Waals surface area contributed by atoms with Crippen LogP contribution in [0.3, 0.4) is 0 Å². The summed E-state index contributed by atoms with van der Waals surface area (Å²) in [6.45, 7) is 0. The second kappa shape index (κ2) is 4.25. The molecule has 0 aliphatic rings. The number of aromatic carboxylic acids is 1. The molecule has 0 aliphatic carbocycles. The van der Waals surface area contributed by atoms with Crippen molar-refractivity contribution in [2.24, 2.45) is 0 Å². The number of carboxylic acid groups (broad SMARTS) is 1. The van der Waals surface area contributed by atoms with E-state index in [4.69, 9.17) is 5.11 Å². The van der Waals surface area contributed by atoms with Crippen molar-refractivity contribution in [3.8, 4) is 0 Å². The maximum atomic E-state index is 12.3. The normalized spacial score (nSPS) is 13.5. The highest BCUT2D eigenvalue weighted by atomic mass is 32.2. The fourth-order valence-electron chi connectivity index (χ4n) is 1.12. The molecule has 16 heavy (non-hydrogen) atoms. The van der Waals surface area contributed by atoms with Crippen molar-refractivity contribution in [3.63, 3.8) is 0 Å². The van der Waals surface area contributed by atoms with Crippen molar-refractivity contribution in [1.29, 1.82) is 0 Å². The summed E-state index contributed by atoms with van der Waals surface area (Å²) >= 11 is 0. The monoisotopic (exact) mass is 252 g/mol. The van der Waals surface area contributed by atoms with Gasteiger partial charge in [0.2, 0.25) is 0 Å². The number of rotatable bonds is 2. The molecule has 0 fully saturated rings. The Kier molecular flexibility index (Phi) is 3.37. The Bertz CT molecular complexity index is 454. The molecule has 88 valence electrons. The van der Waals surface area contributed by atoms with Gasteiger partial charge in [0.05, 0.1) is 26.8 Å². The Morgan fingerprint density at radius 1 is 1.38 bits per heavy atom. The van der Waals surface area contributed by atoms with Crippen LogP contribution >= 0.6 is 0 Å². The average Bonchev–Trinajstić information content (AvgIpc) is 2.15. The number of alkyl halides is 3. The Balaban J connectivity index is 3.40. The van der Waals surface area contributed by atoms with Crippen molar-refractivity contribution < 1.29 is 27.3 Å². The first kappa shape index (κ1) is 12.7. The maximum absolute atomic E-state index is 12.3. The molecule has 1 aromatic carbocycles. The Morgan fingerprint density at radius 3 is 2.31 bits per heavy atom. The molecule has 3 nitrogen and oxygen atoms in total. The average molecular weight is 252 g/mol. The van der Waals surface area contributed by atoms with E-state index in [1.165, 1.54) is 6.26 Å². The molecule has 1 rings (SSSR count). The van der Waals surface area contributed by atoms with Gasteiger partial charge in [-0.25, -0.2) is 4.79 Å². The van der Waals surface area contributed by atoms with Crippen LogP contribution in [0.25, 0.3) is 0 Å². The largest absolute Gasteiger partial charge is 0.478 e. The van der Waals surface area contributed by atoms with Gasteiger partial charge in [-0.05, 0) is 18.2 Å². The van der Waals surface area contributed by atoms with Gasteiger partial charge >= 0.3 is 12.1 Å². The Hall–Kier alpha value is -1.37. The molecule has 0 spiro atoms. The zero-order valence-electron chi connectivity index (χ0n) is 8.04. The maximum Gasteiger partial charge on any atom is 0.416 e. The number of carbonyl (C=O) groups is 1. The van der Waals surface area contributed by atoms with E-state index in [1.54, 1.807) is 0 Å². The van der Waals surface area contributed by atoms with Crippen LogP contribution in [0.2, 0.25) is 0 Å². The summed E-state index contributed by atoms with van der Waals surface area (Å²) in [4.78, 5) is 10.6. The van der Waals surface area contributed by atoms with Crippen LogP contribution in [0.4, 0.5) is 13.2 Å². The number of benzene rings is 1. The van der Waals surface area contributed by atoms with E-state index in [2.05, 4.69) is 0 Å². The Morgan fingerprint density at radius 2 is 1.94 bits per heavy atom. The van der Waals surface area contributed by atoms with E-state index in [0.29, 0.717) is 12.1 Å². The minimum absolute atomic E-state index is 0.125. The SMILES string of the molecule is C[S@](=O)c1ccc(C(F)(F)F)cc1C(=O)O. The van der Waals surface area contributed by atoms with Gasteiger partial charge in [-0.3, -0.25) is 4.21 Å². The minimum atomic E-state index is -4.61. The first-order valence-electron chi connectivity index (χ1n) is 4.01. The van der Waals surface area contributed by atoms with Gasteiger partial charge in [0.1, 0.15) is 0 Å². The van der Waals surface area contributed by atoms with E-state index < -0.39 is 34.1 Å². The first-order valence-corrected chi connectivity index (χ1v) is 5.57. The predicted molar refractivity (Wildman–Crippen MR) is 50.7 cm³/mol. The molecule has 0 bridgehead atoms. The molecule has 0 radical (unpaired) electrons. The zero-order chi connectivity index (χ0) is 12.5. The van der Waals surface area contributed by atoms with Crippen molar-refractivity contribution in [2.45, 2.75) is 11.1 Å². The van der Waals surface area contributed by atoms with Crippen LogP contribution in [-0.4, -0.2) is 21.5 Å². The van der Waals surface area contributed by atoms with Crippen molar-refractivity contribution in [3.05, 3.63) is 29.3 Å². The van der Waals surface area contributed by atoms with E-state index in [-0.39, 0.29) is 4.90 Å². The lowest BCUT2D eigenvalue weighted by Crippen LogP contribution is -2.10. The second-order valence-electron chi connectivity index (χ2n) is 2.97. The minimum Gasteiger partial charge on any atom is -0.478 e. The zero-order valence-corrected chi connectivity index (χ0v) is 8.85. The standard InChI is InChI=1S/C9H7F3O3S/c1-16(15)7-3-2-5(9(10,11)12)4-6(7)8(13)14/h2-4H,1H3,(H,13,14)/t16-/m0/s1. The summed E-state index contributed by atoms with van der Waals surface area (Å²) in [5, 5.41) is 8.70. The molecule has 0 aromatic heterocycles. The van der Waals surface area contributed by atoms with Crippen molar-refractivity contribution in [2.75, 3.05) is 6.26 Å². The second-order valence-corrected chi connectivity index (χ2v) is 4.32. The van der Waals surface area contributed by atoms with Crippen LogP contribution in [0.15, 0.2) is 23.1 Å². The molecule has 0 aliphatic heterocycles. The van der Waals surface area contributed by atoms with E-state index in [0.717, 1.165) is 6.07 Å². The Labute approximate surface area is 91.4 Å². The van der Waals surface area contributed by atoms with Gasteiger partial charge in [0, 0.05) is 6.26 Å². The molecule has 0 unspecified atom stereocenters. The van der Waals surface area contributed by atoms with Gasteiger partial charge in [0.25, 0.3) is 0 Å². The molecule has 0 amide bonds. The summed E-state index contributed by atoms with van der Waals surface area (Å²) in [7, 11) is -1.64. The number of hydrogen-bond donors (Lipinski definition) is 1. The van der Waals surface area contributed by atoms with Crippen molar-refractivity contribution >= 4 is 16.8 Å². The summed E-state index contributed by atoms with van der Waals surface area (Å²) in [5.41, 5.74) is -1.66. The molecular weight excluding hydrogens is 245 g/mol. The van der Waals surface area contributed by atoms with Crippen LogP contribution in [0, 0.1) is 0 Å². The lowest BCUT2D eigenvalue weighted by Gasteiger charge is -2.09. The third kappa shape index (κ3) is 2.60. The highest BCUT2D eigenvalue weighted by molar-refractivity contribution is 7.84. The summed E-state index contributed by atoms with van der Waals surface area (Å²) in [6.07, 6.45) is -3.41. The van der Waals surface area contributed by atoms with Gasteiger partial charge in [-0.2, -0.15) is 13.2 Å². The summed E-state index contributed by atoms with van der Waals surface area (Å²) in [6, 6.07) is 2.12. The molecule has 0 saturated carbocycles. The fraction of sp³-hybridized carbons (Fsp3) is 0.222. The molecule has 0 heterocycles. The van der Waals surface area contributed by atoms with E-state index in [9.17, 15) is 22.2 Å². The van der Waals surface area contributed by atoms with Crippen LogP contribution in [-0.2, 0) is 17.0 Å². The van der Waals surface area contributed by atoms with Crippen LogP contribution < -0.4 is 0 Å². The molecule has 1 N–H and O–H groups in total. The molecule has 1 atom stereocenters. The van der Waals surface area contributed by atoms with Crippen LogP contribution in [0.5, 0.6) is 0 Å². The lowest BCUT2D eigenvalue weighted by molar-refractivity contribution is -0.137. The van der Waals surface area contributed by atoms with Gasteiger partial charge in [0.15, 0.2) is 0 Å². The van der Waals surface area contributed by atoms with Gasteiger partial charge < -0.3 is 5.11 Å². The predicted octanol–water partition coefficient (Wildman–Crippen LogP) is 2.14. The number of carboxylic acids is 1. The molecular formula is C9H7F3O3S.